The largest absolute Gasteiger partial charge is 0.454 e. The Morgan fingerprint density at radius 2 is 1.97 bits per heavy atom. The summed E-state index contributed by atoms with van der Waals surface area (Å²) in [6.45, 7) is 6.38. The van der Waals surface area contributed by atoms with Crippen molar-refractivity contribution in [2.75, 3.05) is 20.0 Å². The minimum absolute atomic E-state index is 0.0711. The Labute approximate surface area is 201 Å². The number of hydrogen-bond donors (Lipinski definition) is 3. The lowest BCUT2D eigenvalue weighted by Gasteiger charge is -2.30. The molecular weight excluding hydrogens is 458 g/mol. The van der Waals surface area contributed by atoms with Crippen LogP contribution in [0.3, 0.4) is 0 Å². The number of fused-ring (bicyclic) bond motifs is 2. The highest BCUT2D eigenvalue weighted by atomic mass is 32.2. The van der Waals surface area contributed by atoms with E-state index in [4.69, 9.17) is 9.47 Å². The van der Waals surface area contributed by atoms with Crippen LogP contribution in [0.2, 0.25) is 0 Å². The topological polar surface area (TPSA) is 121 Å². The fraction of sp³-hybridized carbons (Fsp3) is 0.500. The molecule has 1 amide bonds. The van der Waals surface area contributed by atoms with Crippen LogP contribution in [0, 0.1) is 0 Å². The average Bonchev–Trinajstić information content (AvgIpc) is 3.41. The summed E-state index contributed by atoms with van der Waals surface area (Å²) in [7, 11) is -1.32. The van der Waals surface area contributed by atoms with Crippen LogP contribution in [0.1, 0.15) is 66.1 Å². The number of pyridine rings is 1. The average molecular weight is 490 g/mol. The molecule has 4 rings (SSSR count). The number of aliphatic hydroxyl groups excluding tert-OH is 2. The van der Waals surface area contributed by atoms with Crippen molar-refractivity contribution >= 4 is 16.9 Å². The quantitative estimate of drug-likeness (QED) is 0.518. The molecule has 0 unspecified atom stereocenters. The summed E-state index contributed by atoms with van der Waals surface area (Å²) in [4.78, 5) is 17.6. The van der Waals surface area contributed by atoms with E-state index in [0.717, 1.165) is 16.7 Å². The molecule has 1 aromatic carbocycles. The number of benzene rings is 1. The van der Waals surface area contributed by atoms with Crippen molar-refractivity contribution in [2.24, 2.45) is 0 Å². The fourth-order valence-electron chi connectivity index (χ4n) is 4.30. The number of carbonyl (C=O) groups excluding carboxylic acids is 1. The third-order valence-corrected chi connectivity index (χ3v) is 7.70. The van der Waals surface area contributed by atoms with Crippen molar-refractivity contribution in [1.82, 2.24) is 14.6 Å². The first-order valence-electron chi connectivity index (χ1n) is 11.3. The fourth-order valence-corrected chi connectivity index (χ4v) is 5.70. The van der Waals surface area contributed by atoms with Gasteiger partial charge in [-0.25, -0.2) is 13.5 Å². The van der Waals surface area contributed by atoms with E-state index in [-0.39, 0.29) is 50.6 Å². The third-order valence-electron chi connectivity index (χ3n) is 5.84. The summed E-state index contributed by atoms with van der Waals surface area (Å²) in [5.41, 5.74) is 3.41. The van der Waals surface area contributed by atoms with Crippen LogP contribution in [0.5, 0.6) is 11.5 Å². The van der Waals surface area contributed by atoms with Crippen LogP contribution in [0.25, 0.3) is 0 Å². The Balaban J connectivity index is 1.59. The zero-order valence-corrected chi connectivity index (χ0v) is 20.5. The summed E-state index contributed by atoms with van der Waals surface area (Å²) in [5.74, 6) is 0.988. The van der Waals surface area contributed by atoms with Gasteiger partial charge in [0.2, 0.25) is 6.79 Å². The number of rotatable bonds is 8. The van der Waals surface area contributed by atoms with Gasteiger partial charge in [-0.2, -0.15) is 0 Å². The summed E-state index contributed by atoms with van der Waals surface area (Å²) in [5, 5.41) is 22.2. The van der Waals surface area contributed by atoms with Gasteiger partial charge in [0, 0.05) is 38.4 Å². The molecule has 0 radical (unpaired) electrons. The molecule has 9 nitrogen and oxygen atoms in total. The number of nitrogens with one attached hydrogen (secondary N) is 1. The summed E-state index contributed by atoms with van der Waals surface area (Å²) in [6, 6.07) is 6.94. The molecule has 2 aromatic rings. The molecular formula is C24H31N3O6S. The van der Waals surface area contributed by atoms with Gasteiger partial charge in [0.25, 0.3) is 5.91 Å². The molecule has 0 fully saturated rings. The van der Waals surface area contributed by atoms with Crippen LogP contribution in [-0.2, 0) is 30.5 Å². The Bertz CT molecular complexity index is 1100. The molecule has 0 aliphatic carbocycles. The van der Waals surface area contributed by atoms with E-state index >= 15 is 0 Å². The van der Waals surface area contributed by atoms with E-state index in [1.807, 2.05) is 43.3 Å². The molecule has 34 heavy (non-hydrogen) atoms. The highest BCUT2D eigenvalue weighted by Gasteiger charge is 2.40. The van der Waals surface area contributed by atoms with E-state index in [0.29, 0.717) is 30.2 Å². The molecule has 0 bridgehead atoms. The first-order valence-corrected chi connectivity index (χ1v) is 12.4. The monoisotopic (exact) mass is 489 g/mol. The second-order valence-corrected chi connectivity index (χ2v) is 11.5. The van der Waals surface area contributed by atoms with Gasteiger partial charge in [0.1, 0.15) is 16.7 Å². The Kier molecular flexibility index (Phi) is 7.22. The van der Waals surface area contributed by atoms with Gasteiger partial charge in [-0.1, -0.05) is 6.07 Å². The minimum atomic E-state index is -1.32. The molecule has 0 saturated carbocycles. The lowest BCUT2D eigenvalue weighted by molar-refractivity contribution is 0.0945. The van der Waals surface area contributed by atoms with Gasteiger partial charge in [-0.15, -0.1) is 0 Å². The maximum absolute atomic E-state index is 13.2. The highest BCUT2D eigenvalue weighted by molar-refractivity contribution is 7.84. The zero-order valence-electron chi connectivity index (χ0n) is 19.7. The molecule has 10 heteroatoms. The maximum atomic E-state index is 13.2. The van der Waals surface area contributed by atoms with Crippen LogP contribution in [-0.4, -0.2) is 54.4 Å². The van der Waals surface area contributed by atoms with E-state index in [9.17, 15) is 19.2 Å². The van der Waals surface area contributed by atoms with Gasteiger partial charge >= 0.3 is 0 Å². The van der Waals surface area contributed by atoms with Gasteiger partial charge in [0.15, 0.2) is 11.5 Å². The zero-order chi connectivity index (χ0) is 24.5. The minimum Gasteiger partial charge on any atom is -0.454 e. The molecule has 0 saturated heterocycles. The Hall–Kier alpha value is -2.53. The first kappa shape index (κ1) is 24.6. The van der Waals surface area contributed by atoms with E-state index in [1.165, 1.54) is 0 Å². The van der Waals surface area contributed by atoms with Crippen LogP contribution in [0.15, 0.2) is 24.3 Å². The Morgan fingerprint density at radius 1 is 1.21 bits per heavy atom. The van der Waals surface area contributed by atoms with Crippen molar-refractivity contribution in [1.29, 1.82) is 0 Å². The number of nitrogens with zero attached hydrogens (tertiary/aromatic N) is 2. The molecule has 2 aliphatic heterocycles. The number of ether oxygens (including phenoxy) is 2. The second-order valence-electron chi connectivity index (χ2n) is 9.34. The SMILES string of the molecule is CC(C)(C)[S@@](=O)N1Cc2cc(C(=O)NCc3ccc4c(c3)OCO4)nc(CCO)c2[C@H]1CCO. The van der Waals surface area contributed by atoms with Crippen molar-refractivity contribution in [3.8, 4) is 11.5 Å². The van der Waals surface area contributed by atoms with Crippen LogP contribution >= 0.6 is 0 Å². The number of hydrogen-bond acceptors (Lipinski definition) is 7. The highest BCUT2D eigenvalue weighted by Crippen LogP contribution is 2.41. The molecule has 184 valence electrons. The van der Waals surface area contributed by atoms with Crippen molar-refractivity contribution in [2.45, 2.75) is 57.5 Å². The van der Waals surface area contributed by atoms with Crippen molar-refractivity contribution < 1.29 is 28.7 Å². The third kappa shape index (κ3) is 4.95. The number of aliphatic hydroxyl groups is 2. The van der Waals surface area contributed by atoms with Gasteiger partial charge in [-0.05, 0) is 62.1 Å². The summed E-state index contributed by atoms with van der Waals surface area (Å²) in [6.07, 6.45) is 0.661. The lowest BCUT2D eigenvalue weighted by atomic mass is 9.98. The number of amides is 1. The van der Waals surface area contributed by atoms with E-state index in [2.05, 4.69) is 10.3 Å². The lowest BCUT2D eigenvalue weighted by Crippen LogP contribution is -2.37. The predicted molar refractivity (Wildman–Crippen MR) is 127 cm³/mol. The normalized spacial score (nSPS) is 18.1. The molecule has 3 heterocycles. The Morgan fingerprint density at radius 3 is 2.68 bits per heavy atom. The maximum Gasteiger partial charge on any atom is 0.270 e. The van der Waals surface area contributed by atoms with Gasteiger partial charge < -0.3 is 25.0 Å². The van der Waals surface area contributed by atoms with Crippen LogP contribution < -0.4 is 14.8 Å². The van der Waals surface area contributed by atoms with Crippen molar-refractivity contribution in [3.05, 3.63) is 52.3 Å². The van der Waals surface area contributed by atoms with Gasteiger partial charge in [0.05, 0.1) is 10.8 Å². The molecule has 3 N–H and O–H groups in total. The van der Waals surface area contributed by atoms with E-state index in [1.54, 1.807) is 6.07 Å². The van der Waals surface area contributed by atoms with Gasteiger partial charge in [-0.3, -0.25) is 4.79 Å². The molecule has 0 spiro atoms. The summed E-state index contributed by atoms with van der Waals surface area (Å²) >= 11 is 0. The molecule has 2 atom stereocenters. The van der Waals surface area contributed by atoms with Crippen molar-refractivity contribution in [3.63, 3.8) is 0 Å². The second kappa shape index (κ2) is 9.99. The predicted octanol–water partition coefficient (Wildman–Crippen LogP) is 1.98. The number of aromatic nitrogens is 1. The molecule has 2 aliphatic rings. The standard InChI is InChI=1S/C24H31N3O6S/c1-24(2,3)34(31)27-13-16-11-18(26-17(6-8-28)22(16)19(27)7-9-29)23(30)25-12-15-4-5-20-21(10-15)33-14-32-20/h4-5,10-11,19,28-29H,6-9,12-14H2,1-3H3,(H,25,30)/t19-,34-/m1/s1. The summed E-state index contributed by atoms with van der Waals surface area (Å²) < 4.78 is 25.3. The first-order chi connectivity index (χ1) is 16.2. The smallest absolute Gasteiger partial charge is 0.270 e. The number of carbonyl (C=O) groups is 1. The van der Waals surface area contributed by atoms with E-state index < -0.39 is 15.7 Å². The molecule has 1 aromatic heterocycles. The van der Waals surface area contributed by atoms with Crippen LogP contribution in [0.4, 0.5) is 0 Å².